The van der Waals surface area contributed by atoms with Gasteiger partial charge in [-0.15, -0.1) is 0 Å². The highest BCUT2D eigenvalue weighted by atomic mass is 28.4. The average molecular weight is 314 g/mol. The van der Waals surface area contributed by atoms with Crippen LogP contribution in [0.5, 0.6) is 11.5 Å². The Balaban J connectivity index is 3.41. The summed E-state index contributed by atoms with van der Waals surface area (Å²) in [7, 11) is 0.299. The number of hydrogen-bond donors (Lipinski definition) is 0. The molecule has 0 heterocycles. The van der Waals surface area contributed by atoms with Crippen LogP contribution >= 0.6 is 0 Å². The fourth-order valence-corrected chi connectivity index (χ4v) is 4.96. The Labute approximate surface area is 128 Å². The summed E-state index contributed by atoms with van der Waals surface area (Å²) in [6, 6.07) is 3.83. The lowest BCUT2D eigenvalue weighted by Crippen LogP contribution is -2.57. The van der Waals surface area contributed by atoms with E-state index >= 15 is 0 Å². The molecule has 0 spiro atoms. The summed E-state index contributed by atoms with van der Waals surface area (Å²) in [4.78, 5) is 0. The minimum atomic E-state index is -2.94. The molecule has 0 aliphatic carbocycles. The van der Waals surface area contributed by atoms with Crippen molar-refractivity contribution in [1.82, 2.24) is 0 Å². The van der Waals surface area contributed by atoms with Crippen LogP contribution in [0.1, 0.15) is 26.3 Å². The number of aryl methyl sites for hydroxylation is 1. The summed E-state index contributed by atoms with van der Waals surface area (Å²) < 4.78 is 28.6. The van der Waals surface area contributed by atoms with Gasteiger partial charge in [-0.1, -0.05) is 0 Å². The molecule has 0 aliphatic rings. The quantitative estimate of drug-likeness (QED) is 0.654. The standard InChI is InChI=1S/C15H26O5Si/c1-7-18-21(19-8-2,20-9-3)15-11-14(17-6)13(16-5)10-12(15)4/h10-11H,7-9H2,1-6H3. The van der Waals surface area contributed by atoms with Gasteiger partial charge >= 0.3 is 8.80 Å². The zero-order chi connectivity index (χ0) is 15.9. The molecule has 0 saturated heterocycles. The molecular formula is C15H26O5Si. The van der Waals surface area contributed by atoms with Crippen molar-refractivity contribution in [3.8, 4) is 11.5 Å². The van der Waals surface area contributed by atoms with E-state index in [1.807, 2.05) is 39.8 Å². The molecule has 0 unspecified atom stereocenters. The van der Waals surface area contributed by atoms with Gasteiger partial charge in [-0.2, -0.15) is 0 Å². The lowest BCUT2D eigenvalue weighted by molar-refractivity contribution is 0.0857. The maximum Gasteiger partial charge on any atom is 0.537 e. The molecule has 1 aromatic rings. The zero-order valence-corrected chi connectivity index (χ0v) is 14.8. The van der Waals surface area contributed by atoms with Crippen molar-refractivity contribution in [3.63, 3.8) is 0 Å². The normalized spacial score (nSPS) is 11.5. The Morgan fingerprint density at radius 2 is 1.24 bits per heavy atom. The third-order valence-electron chi connectivity index (χ3n) is 3.06. The molecule has 0 amide bonds. The maximum atomic E-state index is 5.95. The van der Waals surface area contributed by atoms with E-state index in [0.717, 1.165) is 10.8 Å². The topological polar surface area (TPSA) is 46.2 Å². The molecule has 6 heteroatoms. The average Bonchev–Trinajstić information content (AvgIpc) is 2.47. The Morgan fingerprint density at radius 3 is 1.62 bits per heavy atom. The van der Waals surface area contributed by atoms with Crippen molar-refractivity contribution in [2.24, 2.45) is 0 Å². The number of methoxy groups -OCH3 is 2. The fraction of sp³-hybridized carbons (Fsp3) is 0.600. The molecule has 0 atom stereocenters. The highest BCUT2D eigenvalue weighted by Gasteiger charge is 2.45. The molecule has 21 heavy (non-hydrogen) atoms. The Bertz CT molecular complexity index is 433. The van der Waals surface area contributed by atoms with E-state index in [1.54, 1.807) is 14.2 Å². The van der Waals surface area contributed by atoms with E-state index in [1.165, 1.54) is 0 Å². The van der Waals surface area contributed by atoms with Crippen molar-refractivity contribution in [1.29, 1.82) is 0 Å². The molecule has 5 nitrogen and oxygen atoms in total. The van der Waals surface area contributed by atoms with Gasteiger partial charge in [0.1, 0.15) is 0 Å². The lowest BCUT2D eigenvalue weighted by atomic mass is 10.2. The van der Waals surface area contributed by atoms with Gasteiger partial charge in [-0.25, -0.2) is 0 Å². The van der Waals surface area contributed by atoms with E-state index in [9.17, 15) is 0 Å². The molecule has 0 fully saturated rings. The van der Waals surface area contributed by atoms with E-state index in [2.05, 4.69) is 0 Å². The monoisotopic (exact) mass is 314 g/mol. The van der Waals surface area contributed by atoms with Crippen LogP contribution in [-0.4, -0.2) is 42.8 Å². The predicted molar refractivity (Wildman–Crippen MR) is 84.5 cm³/mol. The van der Waals surface area contributed by atoms with Crippen LogP contribution in [0.4, 0.5) is 0 Å². The molecule has 1 aromatic carbocycles. The Hall–Kier alpha value is -1.08. The van der Waals surface area contributed by atoms with Crippen molar-refractivity contribution in [2.75, 3.05) is 34.0 Å². The van der Waals surface area contributed by atoms with Crippen LogP contribution in [-0.2, 0) is 13.3 Å². The van der Waals surface area contributed by atoms with Gasteiger partial charge in [0, 0.05) is 25.0 Å². The number of benzene rings is 1. The lowest BCUT2D eigenvalue weighted by Gasteiger charge is -2.30. The number of hydrogen-bond acceptors (Lipinski definition) is 5. The van der Waals surface area contributed by atoms with Crippen molar-refractivity contribution in [3.05, 3.63) is 17.7 Å². The van der Waals surface area contributed by atoms with Crippen molar-refractivity contribution < 1.29 is 22.8 Å². The summed E-state index contributed by atoms with van der Waals surface area (Å²) in [5.74, 6) is 1.33. The fourth-order valence-electron chi connectivity index (χ4n) is 2.24. The van der Waals surface area contributed by atoms with E-state index in [0.29, 0.717) is 31.3 Å². The van der Waals surface area contributed by atoms with E-state index in [-0.39, 0.29) is 0 Å². The van der Waals surface area contributed by atoms with Gasteiger partial charge in [-0.05, 0) is 45.4 Å². The summed E-state index contributed by atoms with van der Waals surface area (Å²) >= 11 is 0. The molecular weight excluding hydrogens is 288 g/mol. The summed E-state index contributed by atoms with van der Waals surface area (Å²) in [5.41, 5.74) is 1.01. The highest BCUT2D eigenvalue weighted by molar-refractivity contribution is 6.75. The summed E-state index contributed by atoms with van der Waals surface area (Å²) in [6.45, 7) is 9.40. The predicted octanol–water partition coefficient (Wildman–Crippen LogP) is 2.27. The van der Waals surface area contributed by atoms with Crippen LogP contribution in [0.15, 0.2) is 12.1 Å². The van der Waals surface area contributed by atoms with Gasteiger partial charge in [0.15, 0.2) is 11.5 Å². The zero-order valence-electron chi connectivity index (χ0n) is 13.8. The molecule has 0 aliphatic heterocycles. The molecule has 0 aromatic heterocycles. The second kappa shape index (κ2) is 8.38. The highest BCUT2D eigenvalue weighted by Crippen LogP contribution is 2.28. The molecule has 0 radical (unpaired) electrons. The first-order chi connectivity index (χ1) is 10.1. The maximum absolute atomic E-state index is 5.95. The van der Waals surface area contributed by atoms with Crippen LogP contribution < -0.4 is 14.7 Å². The summed E-state index contributed by atoms with van der Waals surface area (Å²) in [6.07, 6.45) is 0. The third kappa shape index (κ3) is 3.97. The van der Waals surface area contributed by atoms with Gasteiger partial charge in [0.25, 0.3) is 0 Å². The van der Waals surface area contributed by atoms with Crippen LogP contribution in [0.2, 0.25) is 0 Å². The van der Waals surface area contributed by atoms with E-state index in [4.69, 9.17) is 22.8 Å². The van der Waals surface area contributed by atoms with Crippen molar-refractivity contribution >= 4 is 14.0 Å². The minimum absolute atomic E-state index is 0.528. The first kappa shape index (κ1) is 18.0. The SMILES string of the molecule is CCO[Si](OCC)(OCC)c1cc(OC)c(OC)cc1C. The van der Waals surface area contributed by atoms with Gasteiger partial charge in [0.2, 0.25) is 0 Å². The van der Waals surface area contributed by atoms with Crippen LogP contribution in [0.3, 0.4) is 0 Å². The molecule has 120 valence electrons. The molecule has 0 saturated carbocycles. The molecule has 1 rings (SSSR count). The van der Waals surface area contributed by atoms with Gasteiger partial charge in [0.05, 0.1) is 14.2 Å². The third-order valence-corrected chi connectivity index (χ3v) is 6.27. The largest absolute Gasteiger partial charge is 0.537 e. The Morgan fingerprint density at radius 1 is 0.810 bits per heavy atom. The summed E-state index contributed by atoms with van der Waals surface area (Å²) in [5, 5.41) is 0.922. The Kier molecular flexibility index (Phi) is 7.17. The van der Waals surface area contributed by atoms with Gasteiger partial charge in [-0.3, -0.25) is 0 Å². The van der Waals surface area contributed by atoms with E-state index < -0.39 is 8.80 Å². The smallest absolute Gasteiger partial charge is 0.493 e. The first-order valence-electron chi connectivity index (χ1n) is 7.23. The minimum Gasteiger partial charge on any atom is -0.493 e. The van der Waals surface area contributed by atoms with Crippen LogP contribution in [0, 0.1) is 6.92 Å². The number of rotatable bonds is 9. The second-order valence-corrected chi connectivity index (χ2v) is 6.89. The van der Waals surface area contributed by atoms with Crippen LogP contribution in [0.25, 0.3) is 0 Å². The first-order valence-corrected chi connectivity index (χ1v) is 8.95. The van der Waals surface area contributed by atoms with Gasteiger partial charge < -0.3 is 22.8 Å². The second-order valence-electron chi connectivity index (χ2n) is 4.38. The molecule has 0 N–H and O–H groups in total. The number of ether oxygens (including phenoxy) is 2. The molecule has 0 bridgehead atoms. The van der Waals surface area contributed by atoms with Crippen molar-refractivity contribution in [2.45, 2.75) is 27.7 Å².